The van der Waals surface area contributed by atoms with Crippen molar-refractivity contribution < 1.29 is 13.2 Å². The molecule has 1 aliphatic heterocycles. The number of hydrogen-bond acceptors (Lipinski definition) is 4. The predicted octanol–water partition coefficient (Wildman–Crippen LogP) is 0.473. The Balaban J connectivity index is 2.43. The fourth-order valence-corrected chi connectivity index (χ4v) is 3.63. The average molecular weight is 264 g/mol. The van der Waals surface area contributed by atoms with E-state index in [9.17, 15) is 8.42 Å². The molecule has 6 heteroatoms. The minimum atomic E-state index is -3.19. The van der Waals surface area contributed by atoms with Gasteiger partial charge in [0.1, 0.15) is 0 Å². The topological polar surface area (TPSA) is 67.4 Å². The van der Waals surface area contributed by atoms with Crippen molar-refractivity contribution in [1.82, 2.24) is 10.0 Å². The van der Waals surface area contributed by atoms with E-state index < -0.39 is 15.6 Å². The summed E-state index contributed by atoms with van der Waals surface area (Å²) in [4.78, 5) is 0. The summed E-state index contributed by atoms with van der Waals surface area (Å²) in [5.74, 6) is 0.191. The van der Waals surface area contributed by atoms with Crippen LogP contribution < -0.4 is 10.0 Å². The highest BCUT2D eigenvalue weighted by molar-refractivity contribution is 7.89. The van der Waals surface area contributed by atoms with E-state index in [0.29, 0.717) is 13.0 Å². The molecule has 0 aromatic carbocycles. The van der Waals surface area contributed by atoms with Crippen molar-refractivity contribution in [3.63, 3.8) is 0 Å². The number of rotatable bonds is 7. The molecule has 2 N–H and O–H groups in total. The standard InChI is InChI=1S/C11H24N2O3S/c1-10-11(2,6-8-16-10)13-17(14,15)9-5-4-7-12-3/h10,12-13H,4-9H2,1-3H3. The summed E-state index contributed by atoms with van der Waals surface area (Å²) in [7, 11) is -1.33. The summed E-state index contributed by atoms with van der Waals surface area (Å²) in [6.07, 6.45) is 2.24. The molecule has 2 atom stereocenters. The number of sulfonamides is 1. The first kappa shape index (κ1) is 14.9. The molecule has 1 aliphatic rings. The molecule has 0 amide bonds. The first-order valence-electron chi connectivity index (χ1n) is 6.17. The van der Waals surface area contributed by atoms with Crippen LogP contribution in [-0.4, -0.2) is 46.0 Å². The smallest absolute Gasteiger partial charge is 0.212 e. The molecule has 0 aromatic rings. The van der Waals surface area contributed by atoms with Gasteiger partial charge in [0.15, 0.2) is 0 Å². The molecule has 0 saturated carbocycles. The third kappa shape index (κ3) is 4.54. The molecule has 5 nitrogen and oxygen atoms in total. The number of nitrogens with one attached hydrogen (secondary N) is 2. The summed E-state index contributed by atoms with van der Waals surface area (Å²) in [5, 5.41) is 3.01. The van der Waals surface area contributed by atoms with Gasteiger partial charge in [0.25, 0.3) is 0 Å². The van der Waals surface area contributed by atoms with Crippen molar-refractivity contribution >= 4 is 10.0 Å². The molecule has 1 saturated heterocycles. The predicted molar refractivity (Wildman–Crippen MR) is 68.5 cm³/mol. The van der Waals surface area contributed by atoms with Gasteiger partial charge in [-0.05, 0) is 46.7 Å². The Labute approximate surface area is 104 Å². The van der Waals surface area contributed by atoms with Gasteiger partial charge >= 0.3 is 0 Å². The molecule has 0 spiro atoms. The van der Waals surface area contributed by atoms with Gasteiger partial charge in [0.2, 0.25) is 10.0 Å². The summed E-state index contributed by atoms with van der Waals surface area (Å²) in [6, 6.07) is 0. The van der Waals surface area contributed by atoms with Crippen molar-refractivity contribution in [2.75, 3.05) is 26.0 Å². The fourth-order valence-electron chi connectivity index (χ4n) is 1.97. The zero-order valence-corrected chi connectivity index (χ0v) is 11.8. The maximum atomic E-state index is 11.9. The Morgan fingerprint density at radius 2 is 2.12 bits per heavy atom. The second kappa shape index (κ2) is 6.13. The zero-order valence-electron chi connectivity index (χ0n) is 11.0. The Bertz CT molecular complexity index is 332. The number of unbranched alkanes of at least 4 members (excludes halogenated alkanes) is 1. The fraction of sp³-hybridized carbons (Fsp3) is 1.00. The van der Waals surface area contributed by atoms with E-state index in [1.165, 1.54) is 0 Å². The molecule has 0 bridgehead atoms. The Morgan fingerprint density at radius 3 is 2.65 bits per heavy atom. The van der Waals surface area contributed by atoms with Gasteiger partial charge < -0.3 is 10.1 Å². The largest absolute Gasteiger partial charge is 0.376 e. The zero-order chi connectivity index (χ0) is 12.9. The Kier molecular flexibility index (Phi) is 5.37. The first-order valence-corrected chi connectivity index (χ1v) is 7.83. The summed E-state index contributed by atoms with van der Waals surface area (Å²) in [6.45, 7) is 5.30. The van der Waals surface area contributed by atoms with Crippen LogP contribution in [0, 0.1) is 0 Å². The molecular formula is C11H24N2O3S. The molecule has 1 rings (SSSR count). The molecule has 2 unspecified atom stereocenters. The SMILES string of the molecule is CNCCCCS(=O)(=O)NC1(C)CCOC1C. The molecule has 17 heavy (non-hydrogen) atoms. The van der Waals surface area contributed by atoms with Crippen molar-refractivity contribution in [2.45, 2.75) is 44.8 Å². The highest BCUT2D eigenvalue weighted by Crippen LogP contribution is 2.25. The van der Waals surface area contributed by atoms with Crippen LogP contribution in [0.15, 0.2) is 0 Å². The third-order valence-electron chi connectivity index (χ3n) is 3.36. The van der Waals surface area contributed by atoms with E-state index >= 15 is 0 Å². The van der Waals surface area contributed by atoms with Crippen LogP contribution in [-0.2, 0) is 14.8 Å². The van der Waals surface area contributed by atoms with E-state index in [1.807, 2.05) is 20.9 Å². The van der Waals surface area contributed by atoms with Gasteiger partial charge in [-0.15, -0.1) is 0 Å². The van der Waals surface area contributed by atoms with E-state index in [0.717, 1.165) is 19.4 Å². The monoisotopic (exact) mass is 264 g/mol. The van der Waals surface area contributed by atoms with Crippen molar-refractivity contribution in [3.8, 4) is 0 Å². The Hall–Kier alpha value is -0.170. The lowest BCUT2D eigenvalue weighted by Crippen LogP contribution is -2.51. The van der Waals surface area contributed by atoms with E-state index in [1.54, 1.807) is 0 Å². The molecule has 1 heterocycles. The van der Waals surface area contributed by atoms with Gasteiger partial charge in [0.05, 0.1) is 17.4 Å². The van der Waals surface area contributed by atoms with E-state index in [4.69, 9.17) is 4.74 Å². The van der Waals surface area contributed by atoms with Crippen LogP contribution in [0.4, 0.5) is 0 Å². The molecular weight excluding hydrogens is 240 g/mol. The second-order valence-corrected chi connectivity index (χ2v) is 6.75. The maximum absolute atomic E-state index is 11.9. The van der Waals surface area contributed by atoms with Crippen LogP contribution in [0.1, 0.15) is 33.1 Å². The van der Waals surface area contributed by atoms with Crippen LogP contribution in [0.25, 0.3) is 0 Å². The Morgan fingerprint density at radius 1 is 1.41 bits per heavy atom. The summed E-state index contributed by atoms with van der Waals surface area (Å²) >= 11 is 0. The average Bonchev–Trinajstić information content (AvgIpc) is 2.53. The minimum Gasteiger partial charge on any atom is -0.376 e. The van der Waals surface area contributed by atoms with Crippen LogP contribution >= 0.6 is 0 Å². The number of ether oxygens (including phenoxy) is 1. The van der Waals surface area contributed by atoms with Gasteiger partial charge in [-0.25, -0.2) is 13.1 Å². The third-order valence-corrected chi connectivity index (χ3v) is 4.97. The molecule has 0 radical (unpaired) electrons. The van der Waals surface area contributed by atoms with Gasteiger partial charge in [-0.3, -0.25) is 0 Å². The first-order chi connectivity index (χ1) is 7.90. The van der Waals surface area contributed by atoms with Gasteiger partial charge in [-0.2, -0.15) is 0 Å². The highest BCUT2D eigenvalue weighted by atomic mass is 32.2. The highest BCUT2D eigenvalue weighted by Gasteiger charge is 2.39. The van der Waals surface area contributed by atoms with Crippen molar-refractivity contribution in [1.29, 1.82) is 0 Å². The van der Waals surface area contributed by atoms with Gasteiger partial charge in [0, 0.05) is 6.61 Å². The van der Waals surface area contributed by atoms with E-state index in [2.05, 4.69) is 10.0 Å². The lowest BCUT2D eigenvalue weighted by molar-refractivity contribution is 0.0957. The van der Waals surface area contributed by atoms with Crippen molar-refractivity contribution in [3.05, 3.63) is 0 Å². The molecule has 1 fully saturated rings. The molecule has 0 aliphatic carbocycles. The number of hydrogen-bond donors (Lipinski definition) is 2. The van der Waals surface area contributed by atoms with Crippen molar-refractivity contribution in [2.24, 2.45) is 0 Å². The molecule has 102 valence electrons. The normalized spacial score (nSPS) is 29.7. The quantitative estimate of drug-likeness (QED) is 0.656. The summed E-state index contributed by atoms with van der Waals surface area (Å²) in [5.41, 5.74) is -0.443. The maximum Gasteiger partial charge on any atom is 0.212 e. The second-order valence-electron chi connectivity index (χ2n) is 4.91. The van der Waals surface area contributed by atoms with Crippen LogP contribution in [0.2, 0.25) is 0 Å². The van der Waals surface area contributed by atoms with Crippen LogP contribution in [0.3, 0.4) is 0 Å². The summed E-state index contributed by atoms with van der Waals surface area (Å²) < 4.78 is 32.0. The lowest BCUT2D eigenvalue weighted by Gasteiger charge is -2.28. The van der Waals surface area contributed by atoms with E-state index in [-0.39, 0.29) is 11.9 Å². The van der Waals surface area contributed by atoms with Gasteiger partial charge in [-0.1, -0.05) is 0 Å². The lowest BCUT2D eigenvalue weighted by atomic mass is 9.97. The minimum absolute atomic E-state index is 0.0606. The van der Waals surface area contributed by atoms with Crippen LogP contribution in [0.5, 0.6) is 0 Å². The molecule has 0 aromatic heterocycles.